The summed E-state index contributed by atoms with van der Waals surface area (Å²) in [7, 11) is 0. The predicted molar refractivity (Wildman–Crippen MR) is 108 cm³/mol. The first-order chi connectivity index (χ1) is 12.6. The second-order valence-corrected chi connectivity index (χ2v) is 7.72. The van der Waals surface area contributed by atoms with Crippen LogP contribution in [0.1, 0.15) is 11.3 Å². The Morgan fingerprint density at radius 2 is 1.69 bits per heavy atom. The van der Waals surface area contributed by atoms with E-state index in [-0.39, 0.29) is 5.82 Å². The van der Waals surface area contributed by atoms with E-state index in [2.05, 4.69) is 29.7 Å². The molecular formula is C22H17ClFNS. The summed E-state index contributed by atoms with van der Waals surface area (Å²) >= 11 is 8.03. The molecule has 1 heterocycles. The molecule has 1 aromatic heterocycles. The van der Waals surface area contributed by atoms with Crippen LogP contribution in [-0.2, 0) is 6.54 Å². The molecule has 4 heteroatoms. The molecule has 26 heavy (non-hydrogen) atoms. The van der Waals surface area contributed by atoms with E-state index in [4.69, 9.17) is 11.6 Å². The van der Waals surface area contributed by atoms with Gasteiger partial charge in [0, 0.05) is 32.4 Å². The van der Waals surface area contributed by atoms with E-state index in [0.717, 1.165) is 11.1 Å². The fourth-order valence-corrected chi connectivity index (χ4v) is 4.37. The van der Waals surface area contributed by atoms with Crippen LogP contribution in [-0.4, -0.2) is 4.57 Å². The average molecular weight is 382 g/mol. The summed E-state index contributed by atoms with van der Waals surface area (Å²) in [6.45, 7) is 2.81. The zero-order valence-corrected chi connectivity index (χ0v) is 15.8. The highest BCUT2D eigenvalue weighted by Gasteiger charge is 2.16. The van der Waals surface area contributed by atoms with E-state index in [1.807, 2.05) is 42.5 Å². The Morgan fingerprint density at radius 1 is 0.962 bits per heavy atom. The molecule has 0 unspecified atom stereocenters. The zero-order valence-electron chi connectivity index (χ0n) is 14.2. The summed E-state index contributed by atoms with van der Waals surface area (Å²) in [6.07, 6.45) is 0. The number of halogens is 2. The Hall–Kier alpha value is -2.23. The number of hydrogen-bond donors (Lipinski definition) is 0. The lowest BCUT2D eigenvalue weighted by molar-refractivity contribution is 0.626. The van der Waals surface area contributed by atoms with Crippen molar-refractivity contribution in [2.75, 3.05) is 0 Å². The van der Waals surface area contributed by atoms with Crippen LogP contribution in [0.25, 0.3) is 10.9 Å². The first-order valence-corrected chi connectivity index (χ1v) is 9.57. The number of fused-ring (bicyclic) bond motifs is 1. The van der Waals surface area contributed by atoms with E-state index in [1.54, 1.807) is 11.8 Å². The molecule has 4 rings (SSSR count). The monoisotopic (exact) mass is 381 g/mol. The summed E-state index contributed by atoms with van der Waals surface area (Å²) in [6, 6.07) is 23.0. The maximum Gasteiger partial charge on any atom is 0.123 e. The van der Waals surface area contributed by atoms with Crippen molar-refractivity contribution < 1.29 is 4.39 Å². The van der Waals surface area contributed by atoms with Crippen LogP contribution in [0, 0.1) is 12.7 Å². The van der Waals surface area contributed by atoms with Gasteiger partial charge in [0.15, 0.2) is 0 Å². The number of hydrogen-bond acceptors (Lipinski definition) is 1. The molecule has 1 nitrogen and oxygen atoms in total. The maximum atomic E-state index is 13.2. The molecule has 0 amide bonds. The van der Waals surface area contributed by atoms with Crippen LogP contribution in [0.2, 0.25) is 5.02 Å². The van der Waals surface area contributed by atoms with Gasteiger partial charge in [-0.2, -0.15) is 0 Å². The van der Waals surface area contributed by atoms with Gasteiger partial charge in [0.1, 0.15) is 5.82 Å². The highest BCUT2D eigenvalue weighted by atomic mass is 35.5. The highest BCUT2D eigenvalue weighted by Crippen LogP contribution is 2.39. The number of rotatable bonds is 4. The molecule has 0 aliphatic rings. The minimum absolute atomic E-state index is 0.216. The normalized spacial score (nSPS) is 11.2. The molecule has 130 valence electrons. The zero-order chi connectivity index (χ0) is 18.1. The van der Waals surface area contributed by atoms with Crippen molar-refractivity contribution >= 4 is 34.3 Å². The molecular weight excluding hydrogens is 365 g/mol. The van der Waals surface area contributed by atoms with E-state index in [0.29, 0.717) is 11.6 Å². The minimum Gasteiger partial charge on any atom is -0.339 e. The van der Waals surface area contributed by atoms with Gasteiger partial charge in [0.25, 0.3) is 0 Å². The van der Waals surface area contributed by atoms with E-state index >= 15 is 0 Å². The SMILES string of the molecule is Cc1c(Sc2ccccc2)c2ccc(Cl)cc2n1Cc1ccc(F)cc1. The van der Waals surface area contributed by atoms with Crippen LogP contribution in [0.4, 0.5) is 4.39 Å². The van der Waals surface area contributed by atoms with Gasteiger partial charge in [-0.15, -0.1) is 0 Å². The van der Waals surface area contributed by atoms with Gasteiger partial charge in [0.2, 0.25) is 0 Å². The van der Waals surface area contributed by atoms with Crippen molar-refractivity contribution in [3.8, 4) is 0 Å². The predicted octanol–water partition coefficient (Wildman–Crippen LogP) is 6.94. The fraction of sp³-hybridized carbons (Fsp3) is 0.0909. The first kappa shape index (κ1) is 17.2. The topological polar surface area (TPSA) is 4.93 Å². The summed E-state index contributed by atoms with van der Waals surface area (Å²) in [4.78, 5) is 2.43. The van der Waals surface area contributed by atoms with E-state index in [9.17, 15) is 4.39 Å². The molecule has 0 N–H and O–H groups in total. The molecule has 0 spiro atoms. The number of nitrogens with zero attached hydrogens (tertiary/aromatic N) is 1. The number of benzene rings is 3. The van der Waals surface area contributed by atoms with E-state index in [1.165, 1.54) is 33.0 Å². The smallest absolute Gasteiger partial charge is 0.123 e. The standard InChI is InChI=1S/C22H17ClFNS/c1-15-22(26-19-5-3-2-4-6-19)20-12-9-17(23)13-21(20)25(15)14-16-7-10-18(24)11-8-16/h2-13H,14H2,1H3. The van der Waals surface area contributed by atoms with Gasteiger partial charge in [0.05, 0.1) is 5.52 Å². The van der Waals surface area contributed by atoms with Gasteiger partial charge in [-0.3, -0.25) is 0 Å². The average Bonchev–Trinajstić information content (AvgIpc) is 2.89. The maximum absolute atomic E-state index is 13.2. The van der Waals surface area contributed by atoms with Crippen LogP contribution in [0.5, 0.6) is 0 Å². The lowest BCUT2D eigenvalue weighted by Gasteiger charge is -2.09. The lowest BCUT2D eigenvalue weighted by atomic mass is 10.2. The van der Waals surface area contributed by atoms with Crippen molar-refractivity contribution in [2.24, 2.45) is 0 Å². The Balaban J connectivity index is 1.82. The molecule has 0 bridgehead atoms. The third kappa shape index (κ3) is 3.37. The van der Waals surface area contributed by atoms with Crippen LogP contribution in [0.3, 0.4) is 0 Å². The third-order valence-electron chi connectivity index (χ3n) is 4.45. The molecule has 0 saturated carbocycles. The Bertz CT molecular complexity index is 1060. The van der Waals surface area contributed by atoms with Crippen molar-refractivity contribution in [2.45, 2.75) is 23.3 Å². The van der Waals surface area contributed by atoms with Gasteiger partial charge >= 0.3 is 0 Å². The van der Waals surface area contributed by atoms with Crippen LogP contribution >= 0.6 is 23.4 Å². The van der Waals surface area contributed by atoms with Gasteiger partial charge < -0.3 is 4.57 Å². The summed E-state index contributed by atoms with van der Waals surface area (Å²) < 4.78 is 15.5. The fourth-order valence-electron chi connectivity index (χ4n) is 3.13. The summed E-state index contributed by atoms with van der Waals surface area (Å²) in [5, 5.41) is 1.90. The highest BCUT2D eigenvalue weighted by molar-refractivity contribution is 7.99. The molecule has 0 saturated heterocycles. The summed E-state index contributed by atoms with van der Waals surface area (Å²) in [5.74, 6) is -0.216. The van der Waals surface area contributed by atoms with Crippen molar-refractivity contribution in [3.05, 3.63) is 94.9 Å². The van der Waals surface area contributed by atoms with E-state index < -0.39 is 0 Å². The molecule has 0 aliphatic heterocycles. The second-order valence-electron chi connectivity index (χ2n) is 6.20. The first-order valence-electron chi connectivity index (χ1n) is 8.37. The Labute approximate surface area is 161 Å². The molecule has 3 aromatic carbocycles. The Kier molecular flexibility index (Phi) is 4.75. The lowest BCUT2D eigenvalue weighted by Crippen LogP contribution is -2.01. The van der Waals surface area contributed by atoms with Gasteiger partial charge in [-0.25, -0.2) is 4.39 Å². The molecule has 0 fully saturated rings. The largest absolute Gasteiger partial charge is 0.339 e. The van der Waals surface area contributed by atoms with Gasteiger partial charge in [-0.1, -0.05) is 59.8 Å². The second kappa shape index (κ2) is 7.18. The molecule has 0 atom stereocenters. The molecule has 0 aliphatic carbocycles. The van der Waals surface area contributed by atoms with Crippen molar-refractivity contribution in [1.29, 1.82) is 0 Å². The number of aromatic nitrogens is 1. The van der Waals surface area contributed by atoms with Gasteiger partial charge in [-0.05, 0) is 48.9 Å². The molecule has 4 aromatic rings. The summed E-state index contributed by atoms with van der Waals surface area (Å²) in [5.41, 5.74) is 3.33. The molecule has 0 radical (unpaired) electrons. The quantitative estimate of drug-likeness (QED) is 0.370. The van der Waals surface area contributed by atoms with Crippen molar-refractivity contribution in [1.82, 2.24) is 4.57 Å². The third-order valence-corrected chi connectivity index (χ3v) is 5.91. The van der Waals surface area contributed by atoms with Crippen LogP contribution < -0.4 is 0 Å². The van der Waals surface area contributed by atoms with Crippen molar-refractivity contribution in [3.63, 3.8) is 0 Å². The minimum atomic E-state index is -0.216. The van der Waals surface area contributed by atoms with Crippen LogP contribution in [0.15, 0.2) is 82.6 Å². The Morgan fingerprint density at radius 3 is 2.42 bits per heavy atom.